The lowest BCUT2D eigenvalue weighted by Crippen LogP contribution is -2.17. The second kappa shape index (κ2) is 4.05. The van der Waals surface area contributed by atoms with Crippen LogP contribution in [0.15, 0.2) is 23.1 Å². The smallest absolute Gasteiger partial charge is 0.343 e. The van der Waals surface area contributed by atoms with Crippen LogP contribution in [0.3, 0.4) is 0 Å². The van der Waals surface area contributed by atoms with E-state index in [1.165, 1.54) is 13.3 Å². The third-order valence-electron chi connectivity index (χ3n) is 2.99. The van der Waals surface area contributed by atoms with Crippen LogP contribution in [-0.2, 0) is 4.74 Å². The second-order valence-corrected chi connectivity index (χ2v) is 3.95. The molecular weight excluding hydrogens is 218 g/mol. The highest BCUT2D eigenvalue weighted by Crippen LogP contribution is 2.17. The molecular formula is C13H13NO3. The number of carbonyl (C=O) groups is 1. The molecule has 0 aliphatic rings. The Morgan fingerprint density at radius 3 is 2.65 bits per heavy atom. The van der Waals surface area contributed by atoms with Gasteiger partial charge in [0.1, 0.15) is 5.56 Å². The predicted molar refractivity (Wildman–Crippen MR) is 65.4 cm³/mol. The lowest BCUT2D eigenvalue weighted by atomic mass is 10.0. The van der Waals surface area contributed by atoms with Crippen LogP contribution in [0.1, 0.15) is 21.5 Å². The fraction of sp³-hybridized carbons (Fsp3) is 0.231. The lowest BCUT2D eigenvalue weighted by molar-refractivity contribution is 0.0599. The summed E-state index contributed by atoms with van der Waals surface area (Å²) in [6, 6.07) is 3.59. The summed E-state index contributed by atoms with van der Waals surface area (Å²) in [4.78, 5) is 26.4. The van der Waals surface area contributed by atoms with Crippen molar-refractivity contribution < 1.29 is 9.53 Å². The maximum atomic E-state index is 12.1. The number of pyridine rings is 1. The number of benzene rings is 1. The number of aromatic amines is 1. The van der Waals surface area contributed by atoms with Crippen LogP contribution in [0.25, 0.3) is 10.9 Å². The number of carbonyl (C=O) groups excluding carboxylic acids is 1. The van der Waals surface area contributed by atoms with Crippen molar-refractivity contribution in [1.82, 2.24) is 4.98 Å². The SMILES string of the molecule is COC(=O)c1c[nH]c2c(C)c(C)ccc2c1=O. The molecule has 1 aromatic carbocycles. The minimum atomic E-state index is -0.619. The molecule has 0 aliphatic heterocycles. The highest BCUT2D eigenvalue weighted by molar-refractivity contribution is 5.94. The van der Waals surface area contributed by atoms with Crippen LogP contribution < -0.4 is 5.43 Å². The number of aryl methyl sites for hydroxylation is 2. The molecule has 1 heterocycles. The summed E-state index contributed by atoms with van der Waals surface area (Å²) in [5.74, 6) is -0.619. The molecule has 4 nitrogen and oxygen atoms in total. The van der Waals surface area contributed by atoms with Gasteiger partial charge in [-0.3, -0.25) is 4.79 Å². The Bertz CT molecular complexity index is 655. The third-order valence-corrected chi connectivity index (χ3v) is 2.99. The molecule has 0 amide bonds. The number of rotatable bonds is 1. The highest BCUT2D eigenvalue weighted by Gasteiger charge is 2.14. The molecule has 4 heteroatoms. The zero-order valence-corrected chi connectivity index (χ0v) is 9.96. The standard InChI is InChI=1S/C13H13NO3/c1-7-4-5-9-11(8(7)2)14-6-10(12(9)15)13(16)17-3/h4-6H,1-3H3,(H,14,15). The van der Waals surface area contributed by atoms with Crippen LogP contribution in [0.4, 0.5) is 0 Å². The van der Waals surface area contributed by atoms with E-state index in [-0.39, 0.29) is 11.0 Å². The van der Waals surface area contributed by atoms with E-state index in [2.05, 4.69) is 9.72 Å². The first-order chi connectivity index (χ1) is 8.06. The number of ether oxygens (including phenoxy) is 1. The van der Waals surface area contributed by atoms with E-state index in [1.54, 1.807) is 6.07 Å². The van der Waals surface area contributed by atoms with Crippen molar-refractivity contribution in [2.75, 3.05) is 7.11 Å². The maximum Gasteiger partial charge on any atom is 0.343 e. The molecule has 0 radical (unpaired) electrons. The summed E-state index contributed by atoms with van der Waals surface area (Å²) in [6.45, 7) is 3.91. The predicted octanol–water partition coefficient (Wildman–Crippen LogP) is 1.93. The molecule has 0 spiro atoms. The average Bonchev–Trinajstić information content (AvgIpc) is 2.33. The normalized spacial score (nSPS) is 10.5. The topological polar surface area (TPSA) is 59.2 Å². The Morgan fingerprint density at radius 2 is 2.00 bits per heavy atom. The first-order valence-electron chi connectivity index (χ1n) is 5.26. The highest BCUT2D eigenvalue weighted by atomic mass is 16.5. The summed E-state index contributed by atoms with van der Waals surface area (Å²) < 4.78 is 4.56. The molecule has 1 N–H and O–H groups in total. The number of H-pyrrole nitrogens is 1. The van der Waals surface area contributed by atoms with Gasteiger partial charge in [-0.25, -0.2) is 4.79 Å². The molecule has 0 atom stereocenters. The van der Waals surface area contributed by atoms with Crippen molar-refractivity contribution >= 4 is 16.9 Å². The van der Waals surface area contributed by atoms with Gasteiger partial charge in [0.2, 0.25) is 5.43 Å². The Morgan fingerprint density at radius 1 is 1.29 bits per heavy atom. The minimum Gasteiger partial charge on any atom is -0.465 e. The first-order valence-corrected chi connectivity index (χ1v) is 5.26. The van der Waals surface area contributed by atoms with Crippen LogP contribution in [0, 0.1) is 13.8 Å². The minimum absolute atomic E-state index is 0.0308. The van der Waals surface area contributed by atoms with Gasteiger partial charge in [-0.15, -0.1) is 0 Å². The molecule has 2 aromatic rings. The number of hydrogen-bond acceptors (Lipinski definition) is 3. The van der Waals surface area contributed by atoms with Gasteiger partial charge in [0.05, 0.1) is 12.6 Å². The third kappa shape index (κ3) is 1.71. The molecule has 0 saturated heterocycles. The van der Waals surface area contributed by atoms with Crippen LogP contribution in [0.5, 0.6) is 0 Å². The van der Waals surface area contributed by atoms with Gasteiger partial charge < -0.3 is 9.72 Å². The monoisotopic (exact) mass is 231 g/mol. The quantitative estimate of drug-likeness (QED) is 0.763. The van der Waals surface area contributed by atoms with Gasteiger partial charge in [-0.2, -0.15) is 0 Å². The van der Waals surface area contributed by atoms with E-state index >= 15 is 0 Å². The van der Waals surface area contributed by atoms with Crippen molar-refractivity contribution in [3.63, 3.8) is 0 Å². The largest absolute Gasteiger partial charge is 0.465 e. The van der Waals surface area contributed by atoms with Gasteiger partial charge in [0.15, 0.2) is 0 Å². The van der Waals surface area contributed by atoms with E-state index in [4.69, 9.17) is 0 Å². The molecule has 0 aliphatic carbocycles. The fourth-order valence-electron chi connectivity index (χ4n) is 1.81. The summed E-state index contributed by atoms with van der Waals surface area (Å²) in [7, 11) is 1.26. The van der Waals surface area contributed by atoms with E-state index in [9.17, 15) is 9.59 Å². The Kier molecular flexibility index (Phi) is 2.71. The van der Waals surface area contributed by atoms with Crippen molar-refractivity contribution in [2.24, 2.45) is 0 Å². The van der Waals surface area contributed by atoms with Gasteiger partial charge >= 0.3 is 5.97 Å². The fourth-order valence-corrected chi connectivity index (χ4v) is 1.81. The van der Waals surface area contributed by atoms with E-state index < -0.39 is 5.97 Å². The summed E-state index contributed by atoms with van der Waals surface area (Å²) in [6.07, 6.45) is 1.41. The van der Waals surface area contributed by atoms with Gasteiger partial charge in [-0.05, 0) is 31.0 Å². The summed E-state index contributed by atoms with van der Waals surface area (Å²) >= 11 is 0. The van der Waals surface area contributed by atoms with Crippen LogP contribution in [-0.4, -0.2) is 18.1 Å². The van der Waals surface area contributed by atoms with Crippen LogP contribution in [0.2, 0.25) is 0 Å². The zero-order valence-electron chi connectivity index (χ0n) is 9.96. The summed E-state index contributed by atoms with van der Waals surface area (Å²) in [5.41, 5.74) is 2.61. The average molecular weight is 231 g/mol. The molecule has 17 heavy (non-hydrogen) atoms. The van der Waals surface area contributed by atoms with Gasteiger partial charge in [-0.1, -0.05) is 6.07 Å². The summed E-state index contributed by atoms with van der Waals surface area (Å²) in [5, 5.41) is 0.510. The van der Waals surface area contributed by atoms with E-state index in [0.29, 0.717) is 5.39 Å². The van der Waals surface area contributed by atoms with Crippen molar-refractivity contribution in [1.29, 1.82) is 0 Å². The Balaban J connectivity index is 2.83. The van der Waals surface area contributed by atoms with Gasteiger partial charge in [0.25, 0.3) is 0 Å². The van der Waals surface area contributed by atoms with E-state index in [0.717, 1.165) is 16.6 Å². The molecule has 88 valence electrons. The van der Waals surface area contributed by atoms with Gasteiger partial charge in [0, 0.05) is 11.6 Å². The zero-order chi connectivity index (χ0) is 12.6. The molecule has 1 aromatic heterocycles. The number of methoxy groups -OCH3 is 1. The lowest BCUT2D eigenvalue weighted by Gasteiger charge is -2.06. The van der Waals surface area contributed by atoms with Crippen molar-refractivity contribution in [2.45, 2.75) is 13.8 Å². The molecule has 2 rings (SSSR count). The Hall–Kier alpha value is -2.10. The van der Waals surface area contributed by atoms with E-state index in [1.807, 2.05) is 19.9 Å². The Labute approximate surface area is 98.2 Å². The van der Waals surface area contributed by atoms with Crippen molar-refractivity contribution in [3.05, 3.63) is 45.2 Å². The number of hydrogen-bond donors (Lipinski definition) is 1. The number of esters is 1. The first kappa shape index (κ1) is 11.4. The number of aromatic nitrogens is 1. The number of nitrogens with one attached hydrogen (secondary N) is 1. The maximum absolute atomic E-state index is 12.1. The molecule has 0 fully saturated rings. The van der Waals surface area contributed by atoms with Crippen molar-refractivity contribution in [3.8, 4) is 0 Å². The molecule has 0 unspecified atom stereocenters. The van der Waals surface area contributed by atoms with Crippen LogP contribution >= 0.6 is 0 Å². The second-order valence-electron chi connectivity index (χ2n) is 3.95. The molecule has 0 bridgehead atoms. The molecule has 0 saturated carbocycles. The number of fused-ring (bicyclic) bond motifs is 1.